The topological polar surface area (TPSA) is 117 Å². The average molecular weight is 492 g/mol. The van der Waals surface area contributed by atoms with Crippen molar-refractivity contribution in [1.29, 1.82) is 0 Å². The Bertz CT molecular complexity index is 1620. The van der Waals surface area contributed by atoms with Gasteiger partial charge in [0.05, 0.1) is 42.1 Å². The molecule has 6 rings (SSSR count). The fourth-order valence-corrected chi connectivity index (χ4v) is 6.15. The molecule has 0 bridgehead atoms. The number of nitrogens with zero attached hydrogens (tertiary/aromatic N) is 5. The van der Waals surface area contributed by atoms with Gasteiger partial charge < -0.3 is 15.0 Å². The Balaban J connectivity index is 1.33. The number of anilines is 1. The SMILES string of the molecule is COC1=C(c2cn3nc4c5ncc(NC(=O)CN6CC(C)(C)C6)cc5[nH]c(=O)c4c3s2)CCN=C1. The number of nitrogens with one attached hydrogen (secondary N) is 2. The van der Waals surface area contributed by atoms with Gasteiger partial charge in [-0.15, -0.1) is 11.3 Å². The van der Waals surface area contributed by atoms with Gasteiger partial charge in [0.15, 0.2) is 0 Å². The van der Waals surface area contributed by atoms with E-state index < -0.39 is 0 Å². The van der Waals surface area contributed by atoms with Gasteiger partial charge in [0.25, 0.3) is 5.56 Å². The smallest absolute Gasteiger partial charge is 0.261 e. The van der Waals surface area contributed by atoms with Crippen LogP contribution >= 0.6 is 11.3 Å². The van der Waals surface area contributed by atoms with Gasteiger partial charge in [-0.1, -0.05) is 13.8 Å². The number of aromatic amines is 1. The largest absolute Gasteiger partial charge is 0.495 e. The lowest BCUT2D eigenvalue weighted by molar-refractivity contribution is -0.120. The predicted molar refractivity (Wildman–Crippen MR) is 137 cm³/mol. The first-order valence-electron chi connectivity index (χ1n) is 11.4. The molecular formula is C24H25N7O3S. The van der Waals surface area contributed by atoms with Gasteiger partial charge in [-0.05, 0) is 17.9 Å². The molecule has 0 atom stereocenters. The van der Waals surface area contributed by atoms with E-state index in [1.807, 2.05) is 6.20 Å². The molecule has 10 nitrogen and oxygen atoms in total. The van der Waals surface area contributed by atoms with Crippen molar-refractivity contribution in [3.8, 4) is 0 Å². The summed E-state index contributed by atoms with van der Waals surface area (Å²) in [7, 11) is 1.63. The van der Waals surface area contributed by atoms with Gasteiger partial charge in [0, 0.05) is 31.4 Å². The average Bonchev–Trinajstić information content (AvgIpc) is 3.36. The molecule has 0 aromatic carbocycles. The Kier molecular flexibility index (Phi) is 5.01. The summed E-state index contributed by atoms with van der Waals surface area (Å²) in [6.07, 6.45) is 6.04. The number of thiazole rings is 1. The minimum Gasteiger partial charge on any atom is -0.495 e. The number of pyridine rings is 2. The van der Waals surface area contributed by atoms with E-state index in [2.05, 4.69) is 44.1 Å². The number of amides is 1. The number of aliphatic imine (C=N–C) groups is 1. The Morgan fingerprint density at radius 3 is 2.91 bits per heavy atom. The number of hydrogen-bond acceptors (Lipinski definition) is 8. The van der Waals surface area contributed by atoms with E-state index in [1.54, 1.807) is 30.1 Å². The Morgan fingerprint density at radius 1 is 1.31 bits per heavy atom. The summed E-state index contributed by atoms with van der Waals surface area (Å²) in [5.41, 5.74) is 3.28. The van der Waals surface area contributed by atoms with E-state index in [9.17, 15) is 9.59 Å². The maximum atomic E-state index is 13.1. The molecule has 1 saturated heterocycles. The van der Waals surface area contributed by atoms with Gasteiger partial charge in [-0.25, -0.2) is 4.52 Å². The fraction of sp³-hybridized carbons (Fsp3) is 0.375. The van der Waals surface area contributed by atoms with E-state index in [0.29, 0.717) is 40.7 Å². The molecule has 1 amide bonds. The molecule has 6 heterocycles. The zero-order valence-corrected chi connectivity index (χ0v) is 20.5. The molecule has 0 spiro atoms. The van der Waals surface area contributed by atoms with Gasteiger partial charge >= 0.3 is 0 Å². The summed E-state index contributed by atoms with van der Waals surface area (Å²) in [4.78, 5) is 41.1. The Hall–Kier alpha value is -3.57. The van der Waals surface area contributed by atoms with Crippen LogP contribution < -0.4 is 10.9 Å². The van der Waals surface area contributed by atoms with Gasteiger partial charge in [-0.3, -0.25) is 24.5 Å². The highest BCUT2D eigenvalue weighted by molar-refractivity contribution is 7.19. The maximum Gasteiger partial charge on any atom is 0.261 e. The van der Waals surface area contributed by atoms with Crippen molar-refractivity contribution >= 4 is 61.5 Å². The molecule has 35 heavy (non-hydrogen) atoms. The molecule has 0 aliphatic carbocycles. The number of aromatic nitrogens is 4. The lowest BCUT2D eigenvalue weighted by Gasteiger charge is -2.45. The number of carbonyl (C=O) groups excluding carboxylic acids is 1. The maximum absolute atomic E-state index is 13.1. The second-order valence-electron chi connectivity index (χ2n) is 9.83. The Labute approximate surface area is 204 Å². The lowest BCUT2D eigenvalue weighted by Crippen LogP contribution is -2.54. The van der Waals surface area contributed by atoms with E-state index in [0.717, 1.165) is 40.6 Å². The summed E-state index contributed by atoms with van der Waals surface area (Å²) in [5, 5.41) is 8.08. The second kappa shape index (κ2) is 7.99. The van der Waals surface area contributed by atoms with E-state index in [-0.39, 0.29) is 16.9 Å². The van der Waals surface area contributed by atoms with Crippen LogP contribution in [0.25, 0.3) is 32.3 Å². The van der Waals surface area contributed by atoms with Crippen molar-refractivity contribution in [2.24, 2.45) is 10.4 Å². The third-order valence-corrected chi connectivity index (χ3v) is 7.52. The fourth-order valence-electron chi connectivity index (χ4n) is 4.98. The van der Waals surface area contributed by atoms with Crippen molar-refractivity contribution in [1.82, 2.24) is 24.5 Å². The van der Waals surface area contributed by atoms with Crippen LogP contribution in [0.5, 0.6) is 0 Å². The molecule has 0 unspecified atom stereocenters. The van der Waals surface area contributed by atoms with Crippen LogP contribution in [0.15, 0.2) is 34.0 Å². The van der Waals surface area contributed by atoms with E-state index >= 15 is 0 Å². The third-order valence-electron chi connectivity index (χ3n) is 6.37. The highest BCUT2D eigenvalue weighted by atomic mass is 32.1. The molecule has 2 aliphatic heterocycles. The molecule has 180 valence electrons. The number of dihydropyridines is 1. The summed E-state index contributed by atoms with van der Waals surface area (Å²) in [6, 6.07) is 1.73. The van der Waals surface area contributed by atoms with Crippen LogP contribution in [-0.2, 0) is 9.53 Å². The second-order valence-corrected chi connectivity index (χ2v) is 10.9. The summed E-state index contributed by atoms with van der Waals surface area (Å²) in [6.45, 7) is 7.21. The zero-order chi connectivity index (χ0) is 24.3. The van der Waals surface area contributed by atoms with Crippen molar-refractivity contribution in [3.05, 3.63) is 39.5 Å². The van der Waals surface area contributed by atoms with Crippen LogP contribution in [0.2, 0.25) is 0 Å². The standard InChI is InChI=1S/C24H25N7O3S/c1-24(2)11-30(12-24)10-18(32)27-13-6-15-20(26-7-13)21-19(22(33)28-15)23-31(29-21)9-17(35-23)14-4-5-25-8-16(14)34-3/h6-9H,4-5,10-12H2,1-3H3,(H,27,32)(H,28,33). The van der Waals surface area contributed by atoms with Crippen LogP contribution in [-0.4, -0.2) is 69.9 Å². The molecule has 2 aliphatic rings. The number of hydrogen-bond donors (Lipinski definition) is 2. The molecule has 4 aromatic heterocycles. The highest BCUT2D eigenvalue weighted by Gasteiger charge is 2.34. The molecule has 4 aromatic rings. The van der Waals surface area contributed by atoms with E-state index in [4.69, 9.17) is 4.74 Å². The number of H-pyrrole nitrogens is 1. The summed E-state index contributed by atoms with van der Waals surface area (Å²) < 4.78 is 7.21. The van der Waals surface area contributed by atoms with Gasteiger partial charge in [-0.2, -0.15) is 5.10 Å². The van der Waals surface area contributed by atoms with Crippen LogP contribution in [0.4, 0.5) is 5.69 Å². The first-order chi connectivity index (χ1) is 16.8. The van der Waals surface area contributed by atoms with Crippen molar-refractivity contribution in [3.63, 3.8) is 0 Å². The predicted octanol–water partition coefficient (Wildman–Crippen LogP) is 2.90. The van der Waals surface area contributed by atoms with Crippen molar-refractivity contribution in [2.45, 2.75) is 20.3 Å². The van der Waals surface area contributed by atoms with Crippen LogP contribution in [0.3, 0.4) is 0 Å². The molecule has 0 radical (unpaired) electrons. The number of ether oxygens (including phenoxy) is 1. The first-order valence-corrected chi connectivity index (χ1v) is 12.3. The van der Waals surface area contributed by atoms with Gasteiger partial charge in [0.1, 0.15) is 27.0 Å². The molecule has 0 saturated carbocycles. The van der Waals surface area contributed by atoms with E-state index in [1.165, 1.54) is 11.3 Å². The first kappa shape index (κ1) is 21.9. The number of likely N-dealkylation sites (tertiary alicyclic amines) is 1. The monoisotopic (exact) mass is 491 g/mol. The van der Waals surface area contributed by atoms with Gasteiger partial charge in [0.2, 0.25) is 5.91 Å². The number of carbonyl (C=O) groups is 1. The molecule has 1 fully saturated rings. The van der Waals surface area contributed by atoms with Crippen molar-refractivity contribution < 1.29 is 9.53 Å². The van der Waals surface area contributed by atoms with Crippen LogP contribution in [0.1, 0.15) is 25.1 Å². The molecule has 2 N–H and O–H groups in total. The van der Waals surface area contributed by atoms with Crippen LogP contribution in [0, 0.1) is 5.41 Å². The lowest BCUT2D eigenvalue weighted by atomic mass is 9.84. The summed E-state index contributed by atoms with van der Waals surface area (Å²) in [5.74, 6) is 0.635. The number of fused-ring (bicyclic) bond motifs is 5. The summed E-state index contributed by atoms with van der Waals surface area (Å²) >= 11 is 1.50. The quantitative estimate of drug-likeness (QED) is 0.443. The zero-order valence-electron chi connectivity index (χ0n) is 19.7. The molecule has 11 heteroatoms. The number of methoxy groups -OCH3 is 1. The van der Waals surface area contributed by atoms with Crippen molar-refractivity contribution in [2.75, 3.05) is 38.6 Å². The number of allylic oxidation sites excluding steroid dienone is 1. The number of rotatable bonds is 5. The normalized spacial score (nSPS) is 17.9. The minimum atomic E-state index is -0.241. The Morgan fingerprint density at radius 2 is 2.14 bits per heavy atom. The minimum absolute atomic E-state index is 0.0994. The highest BCUT2D eigenvalue weighted by Crippen LogP contribution is 2.34. The molecular weight excluding hydrogens is 466 g/mol. The third kappa shape index (κ3) is 3.80.